The lowest BCUT2D eigenvalue weighted by Gasteiger charge is -2.13. The molecule has 1 aromatic heterocycles. The second-order valence-electron chi connectivity index (χ2n) is 4.43. The van der Waals surface area contributed by atoms with Crippen molar-refractivity contribution in [1.82, 2.24) is 4.98 Å². The summed E-state index contributed by atoms with van der Waals surface area (Å²) in [5, 5.41) is 2.86. The summed E-state index contributed by atoms with van der Waals surface area (Å²) in [4.78, 5) is 3.58. The van der Waals surface area contributed by atoms with Crippen LogP contribution in [0.1, 0.15) is 30.5 Å². The first-order valence-corrected chi connectivity index (χ1v) is 6.88. The summed E-state index contributed by atoms with van der Waals surface area (Å²) in [5.41, 5.74) is 4.84. The van der Waals surface area contributed by atoms with Gasteiger partial charge in [-0.2, -0.15) is 13.2 Å². The van der Waals surface area contributed by atoms with Crippen LogP contribution in [0.5, 0.6) is 0 Å². The topological polar surface area (TPSA) is 60.2 Å². The van der Waals surface area contributed by atoms with Crippen LogP contribution in [-0.2, 0) is 10.9 Å². The molecule has 0 saturated carbocycles. The van der Waals surface area contributed by atoms with Gasteiger partial charge in [-0.05, 0) is 31.4 Å². The molecule has 8 heteroatoms. The monoisotopic (exact) mass is 321 g/mol. The van der Waals surface area contributed by atoms with E-state index in [9.17, 15) is 13.2 Å². The van der Waals surface area contributed by atoms with Crippen LogP contribution >= 0.6 is 12.2 Å². The molecular weight excluding hydrogens is 303 g/mol. The Bertz CT molecular complexity index is 480. The molecule has 118 valence electrons. The van der Waals surface area contributed by atoms with E-state index in [2.05, 4.69) is 10.3 Å². The van der Waals surface area contributed by atoms with Gasteiger partial charge < -0.3 is 15.8 Å². The van der Waals surface area contributed by atoms with E-state index in [-0.39, 0.29) is 10.8 Å². The highest BCUT2D eigenvalue weighted by Crippen LogP contribution is 2.29. The number of thiocarbonyl (C=S) groups is 1. The highest BCUT2D eigenvalue weighted by Gasteiger charge is 2.33. The number of halogens is 3. The van der Waals surface area contributed by atoms with Gasteiger partial charge >= 0.3 is 6.18 Å². The van der Waals surface area contributed by atoms with E-state index >= 15 is 0 Å². The number of hydrogen-bond donors (Lipinski definition) is 2. The van der Waals surface area contributed by atoms with E-state index in [1.54, 1.807) is 7.11 Å². The Morgan fingerprint density at radius 1 is 1.33 bits per heavy atom. The van der Waals surface area contributed by atoms with Crippen molar-refractivity contribution in [2.45, 2.75) is 25.4 Å². The molecule has 0 fully saturated rings. The van der Waals surface area contributed by atoms with Gasteiger partial charge in [-0.15, -0.1) is 0 Å². The Morgan fingerprint density at radius 3 is 2.62 bits per heavy atom. The SMILES string of the molecule is COCCCCCNc1nc(C(F)(F)F)ccc1C(N)=S. The second kappa shape index (κ2) is 8.14. The minimum atomic E-state index is -4.50. The number of rotatable bonds is 8. The summed E-state index contributed by atoms with van der Waals surface area (Å²) in [5.74, 6) is 0.0732. The van der Waals surface area contributed by atoms with Crippen LogP contribution in [0.4, 0.5) is 19.0 Å². The Labute approximate surface area is 126 Å². The molecule has 0 aromatic carbocycles. The number of pyridine rings is 1. The van der Waals surface area contributed by atoms with Gasteiger partial charge in [0.15, 0.2) is 0 Å². The first kappa shape index (κ1) is 17.6. The van der Waals surface area contributed by atoms with Crippen molar-refractivity contribution in [3.8, 4) is 0 Å². The molecule has 1 heterocycles. The van der Waals surface area contributed by atoms with Crippen LogP contribution in [0.3, 0.4) is 0 Å². The number of methoxy groups -OCH3 is 1. The predicted molar refractivity (Wildman–Crippen MR) is 79.3 cm³/mol. The van der Waals surface area contributed by atoms with Crippen molar-refractivity contribution in [3.05, 3.63) is 23.4 Å². The van der Waals surface area contributed by atoms with Crippen molar-refractivity contribution in [2.24, 2.45) is 5.73 Å². The van der Waals surface area contributed by atoms with Gasteiger partial charge in [-0.25, -0.2) is 4.98 Å². The van der Waals surface area contributed by atoms with Crippen molar-refractivity contribution in [2.75, 3.05) is 25.6 Å². The molecule has 0 aliphatic carbocycles. The maximum atomic E-state index is 12.7. The molecular formula is C13H18F3N3OS. The largest absolute Gasteiger partial charge is 0.433 e. The highest BCUT2D eigenvalue weighted by molar-refractivity contribution is 7.80. The third-order valence-electron chi connectivity index (χ3n) is 2.77. The quantitative estimate of drug-likeness (QED) is 0.569. The molecule has 0 aliphatic rings. The molecule has 0 unspecified atom stereocenters. The number of anilines is 1. The van der Waals surface area contributed by atoms with Crippen LogP contribution in [0.15, 0.2) is 12.1 Å². The number of nitrogens with one attached hydrogen (secondary N) is 1. The Hall–Kier alpha value is -1.41. The van der Waals surface area contributed by atoms with Crippen molar-refractivity contribution >= 4 is 23.0 Å². The zero-order valence-electron chi connectivity index (χ0n) is 11.7. The summed E-state index contributed by atoms with van der Waals surface area (Å²) in [7, 11) is 1.62. The van der Waals surface area contributed by atoms with Gasteiger partial charge in [0.05, 0.1) is 5.56 Å². The average Bonchev–Trinajstić information content (AvgIpc) is 2.41. The first-order valence-electron chi connectivity index (χ1n) is 6.47. The molecule has 3 N–H and O–H groups in total. The molecule has 4 nitrogen and oxygen atoms in total. The molecule has 0 spiro atoms. The van der Waals surface area contributed by atoms with Crippen LogP contribution in [0.25, 0.3) is 0 Å². The first-order chi connectivity index (χ1) is 9.86. The van der Waals surface area contributed by atoms with Gasteiger partial charge in [0.25, 0.3) is 0 Å². The second-order valence-corrected chi connectivity index (χ2v) is 4.87. The van der Waals surface area contributed by atoms with Crippen molar-refractivity contribution in [3.63, 3.8) is 0 Å². The number of nitrogens with two attached hydrogens (primary N) is 1. The summed E-state index contributed by atoms with van der Waals surface area (Å²) >= 11 is 4.82. The Morgan fingerprint density at radius 2 is 2.05 bits per heavy atom. The molecule has 1 rings (SSSR count). The Kier molecular flexibility index (Phi) is 6.83. The zero-order valence-corrected chi connectivity index (χ0v) is 12.5. The van der Waals surface area contributed by atoms with E-state index < -0.39 is 11.9 Å². The summed E-state index contributed by atoms with van der Waals surface area (Å²) < 4.78 is 42.9. The van der Waals surface area contributed by atoms with E-state index in [0.29, 0.717) is 18.7 Å². The number of nitrogens with zero attached hydrogens (tertiary/aromatic N) is 1. The highest BCUT2D eigenvalue weighted by atomic mass is 32.1. The third kappa shape index (κ3) is 5.84. The Balaban J connectivity index is 2.71. The van der Waals surface area contributed by atoms with E-state index in [0.717, 1.165) is 25.3 Å². The molecule has 0 bridgehead atoms. The summed E-state index contributed by atoms with van der Waals surface area (Å²) in [6, 6.07) is 2.11. The van der Waals surface area contributed by atoms with Gasteiger partial charge in [0, 0.05) is 20.3 Å². The van der Waals surface area contributed by atoms with Gasteiger partial charge in [-0.3, -0.25) is 0 Å². The van der Waals surface area contributed by atoms with Crippen LogP contribution in [-0.4, -0.2) is 30.2 Å². The van der Waals surface area contributed by atoms with Gasteiger partial charge in [0.1, 0.15) is 16.5 Å². The maximum absolute atomic E-state index is 12.7. The molecule has 0 amide bonds. The molecule has 0 atom stereocenters. The van der Waals surface area contributed by atoms with Crippen LogP contribution < -0.4 is 11.1 Å². The zero-order chi connectivity index (χ0) is 15.9. The summed E-state index contributed by atoms with van der Waals surface area (Å²) in [6.07, 6.45) is -1.90. The van der Waals surface area contributed by atoms with E-state index in [1.807, 2.05) is 0 Å². The normalized spacial score (nSPS) is 11.4. The molecule has 0 aliphatic heterocycles. The molecule has 21 heavy (non-hydrogen) atoms. The molecule has 1 aromatic rings. The number of unbranched alkanes of at least 4 members (excludes halogenated alkanes) is 2. The number of ether oxygens (including phenoxy) is 1. The number of alkyl halides is 3. The van der Waals surface area contributed by atoms with Crippen LogP contribution in [0.2, 0.25) is 0 Å². The fourth-order valence-electron chi connectivity index (χ4n) is 1.71. The fourth-order valence-corrected chi connectivity index (χ4v) is 1.87. The van der Waals surface area contributed by atoms with E-state index in [4.69, 9.17) is 22.7 Å². The third-order valence-corrected chi connectivity index (χ3v) is 2.99. The van der Waals surface area contributed by atoms with Gasteiger partial charge in [-0.1, -0.05) is 12.2 Å². The smallest absolute Gasteiger partial charge is 0.389 e. The minimum Gasteiger partial charge on any atom is -0.389 e. The molecule has 0 saturated heterocycles. The van der Waals surface area contributed by atoms with Gasteiger partial charge in [0.2, 0.25) is 0 Å². The standard InChI is InChI=1S/C13H18F3N3OS/c1-20-8-4-2-3-7-18-12-9(11(17)21)5-6-10(19-12)13(14,15)16/h5-6H,2-4,7-8H2,1H3,(H2,17,21)(H,18,19). The van der Waals surface area contributed by atoms with Crippen molar-refractivity contribution in [1.29, 1.82) is 0 Å². The number of hydrogen-bond acceptors (Lipinski definition) is 4. The average molecular weight is 321 g/mol. The minimum absolute atomic E-state index is 0.0121. The van der Waals surface area contributed by atoms with Crippen molar-refractivity contribution < 1.29 is 17.9 Å². The summed E-state index contributed by atoms with van der Waals surface area (Å²) in [6.45, 7) is 1.16. The lowest BCUT2D eigenvalue weighted by molar-refractivity contribution is -0.141. The van der Waals surface area contributed by atoms with E-state index in [1.165, 1.54) is 6.07 Å². The van der Waals surface area contributed by atoms with Crippen LogP contribution in [0, 0.1) is 0 Å². The fraction of sp³-hybridized carbons (Fsp3) is 0.538. The lowest BCUT2D eigenvalue weighted by atomic mass is 10.2. The lowest BCUT2D eigenvalue weighted by Crippen LogP contribution is -2.18. The molecule has 0 radical (unpaired) electrons. The predicted octanol–water partition coefficient (Wildman–Crippen LogP) is 2.96. The number of aromatic nitrogens is 1. The maximum Gasteiger partial charge on any atom is 0.433 e.